The predicted octanol–water partition coefficient (Wildman–Crippen LogP) is 1.03. The van der Waals surface area contributed by atoms with Crippen molar-refractivity contribution in [3.8, 4) is 0 Å². The number of rotatable bonds is 6. The smallest absolute Gasteiger partial charge is 0.282 e. The van der Waals surface area contributed by atoms with Gasteiger partial charge in [-0.2, -0.15) is 17.0 Å². The van der Waals surface area contributed by atoms with Crippen molar-refractivity contribution in [1.29, 1.82) is 0 Å². The first-order chi connectivity index (χ1) is 12.5. The van der Waals surface area contributed by atoms with Crippen molar-refractivity contribution in [3.63, 3.8) is 0 Å². The fraction of sp³-hybridized carbons (Fsp3) is 0.647. The standard InChI is InChI=1S/C17H27FN4O2S2/c1-19-6-10-21(11-7-19)26(23,24)22-12-8-20(9-13-22)14-15-25-17-5-3-2-4-16(17)18/h2-5H,6-15H2,1H3. The van der Waals surface area contributed by atoms with Crippen LogP contribution in [0.3, 0.4) is 0 Å². The van der Waals surface area contributed by atoms with Gasteiger partial charge in [0.1, 0.15) is 5.82 Å². The lowest BCUT2D eigenvalue weighted by atomic mass is 10.3. The number of likely N-dealkylation sites (N-methyl/N-ethyl adjacent to an activating group) is 1. The fourth-order valence-corrected chi connectivity index (χ4v) is 5.74. The molecule has 0 aliphatic carbocycles. The molecule has 0 saturated carbocycles. The molecule has 0 spiro atoms. The Balaban J connectivity index is 1.43. The van der Waals surface area contributed by atoms with Crippen molar-refractivity contribution >= 4 is 22.0 Å². The highest BCUT2D eigenvalue weighted by Crippen LogP contribution is 2.21. The van der Waals surface area contributed by atoms with Gasteiger partial charge in [0.05, 0.1) is 0 Å². The molecule has 0 atom stereocenters. The molecule has 1 aromatic carbocycles. The monoisotopic (exact) mass is 402 g/mol. The number of hydrogen-bond acceptors (Lipinski definition) is 5. The lowest BCUT2D eigenvalue weighted by Gasteiger charge is -2.39. The molecular weight excluding hydrogens is 375 g/mol. The van der Waals surface area contributed by atoms with Crippen LogP contribution in [0.1, 0.15) is 0 Å². The third-order valence-electron chi connectivity index (χ3n) is 4.95. The summed E-state index contributed by atoms with van der Waals surface area (Å²) in [5.41, 5.74) is 0. The van der Waals surface area contributed by atoms with Gasteiger partial charge >= 0.3 is 0 Å². The van der Waals surface area contributed by atoms with Crippen LogP contribution in [0.5, 0.6) is 0 Å². The molecule has 146 valence electrons. The van der Waals surface area contributed by atoms with Crippen molar-refractivity contribution in [1.82, 2.24) is 18.4 Å². The highest BCUT2D eigenvalue weighted by molar-refractivity contribution is 7.99. The third kappa shape index (κ3) is 4.96. The van der Waals surface area contributed by atoms with E-state index in [2.05, 4.69) is 9.80 Å². The summed E-state index contributed by atoms with van der Waals surface area (Å²) in [7, 11) is -1.33. The zero-order valence-electron chi connectivity index (χ0n) is 15.2. The van der Waals surface area contributed by atoms with E-state index < -0.39 is 10.2 Å². The number of nitrogens with zero attached hydrogens (tertiary/aromatic N) is 4. The van der Waals surface area contributed by atoms with Crippen LogP contribution in [0, 0.1) is 5.82 Å². The van der Waals surface area contributed by atoms with E-state index in [1.807, 2.05) is 13.1 Å². The Morgan fingerprint density at radius 1 is 0.962 bits per heavy atom. The van der Waals surface area contributed by atoms with Crippen molar-refractivity contribution in [2.45, 2.75) is 4.90 Å². The highest BCUT2D eigenvalue weighted by atomic mass is 32.2. The first-order valence-electron chi connectivity index (χ1n) is 9.00. The second-order valence-corrected chi connectivity index (χ2v) is 9.79. The third-order valence-corrected chi connectivity index (χ3v) is 8.01. The van der Waals surface area contributed by atoms with E-state index in [-0.39, 0.29) is 5.82 Å². The van der Waals surface area contributed by atoms with E-state index >= 15 is 0 Å². The van der Waals surface area contributed by atoms with Gasteiger partial charge in [-0.15, -0.1) is 11.8 Å². The molecule has 0 N–H and O–H groups in total. The second-order valence-electron chi connectivity index (χ2n) is 6.73. The SMILES string of the molecule is CN1CCN(S(=O)(=O)N2CCN(CCSc3ccccc3F)CC2)CC1. The zero-order valence-corrected chi connectivity index (χ0v) is 16.8. The molecule has 2 aliphatic rings. The van der Waals surface area contributed by atoms with Gasteiger partial charge in [0.2, 0.25) is 0 Å². The van der Waals surface area contributed by atoms with Gasteiger partial charge in [-0.25, -0.2) is 4.39 Å². The fourth-order valence-electron chi connectivity index (χ4n) is 3.21. The van der Waals surface area contributed by atoms with Crippen LogP contribution >= 0.6 is 11.8 Å². The molecular formula is C17H27FN4O2S2. The number of halogens is 1. The Kier molecular flexibility index (Phi) is 6.92. The van der Waals surface area contributed by atoms with E-state index in [0.29, 0.717) is 31.1 Å². The summed E-state index contributed by atoms with van der Waals surface area (Å²) in [6.45, 7) is 6.05. The van der Waals surface area contributed by atoms with Crippen LogP contribution in [0.2, 0.25) is 0 Å². The van der Waals surface area contributed by atoms with Crippen molar-refractivity contribution in [2.24, 2.45) is 0 Å². The molecule has 2 aliphatic heterocycles. The summed E-state index contributed by atoms with van der Waals surface area (Å²) in [4.78, 5) is 5.07. The summed E-state index contributed by atoms with van der Waals surface area (Å²) in [5, 5.41) is 0. The average Bonchev–Trinajstić information content (AvgIpc) is 2.64. The predicted molar refractivity (Wildman–Crippen MR) is 103 cm³/mol. The minimum absolute atomic E-state index is 0.180. The molecule has 3 rings (SSSR count). The van der Waals surface area contributed by atoms with Crippen LogP contribution in [-0.2, 0) is 10.2 Å². The summed E-state index contributed by atoms with van der Waals surface area (Å²) in [5.74, 6) is 0.618. The maximum Gasteiger partial charge on any atom is 0.282 e. The van der Waals surface area contributed by atoms with Crippen LogP contribution in [0.15, 0.2) is 29.2 Å². The molecule has 2 fully saturated rings. The molecule has 0 aromatic heterocycles. The van der Waals surface area contributed by atoms with Gasteiger partial charge in [-0.1, -0.05) is 12.1 Å². The lowest BCUT2D eigenvalue weighted by molar-refractivity contribution is 0.175. The Bertz CT molecular complexity index is 688. The molecule has 1 aromatic rings. The molecule has 6 nitrogen and oxygen atoms in total. The number of benzene rings is 1. The van der Waals surface area contributed by atoms with Crippen LogP contribution in [-0.4, -0.2) is 98.5 Å². The van der Waals surface area contributed by atoms with Crippen LogP contribution < -0.4 is 0 Å². The number of thioether (sulfide) groups is 1. The second kappa shape index (κ2) is 8.99. The van der Waals surface area contributed by atoms with Crippen molar-refractivity contribution < 1.29 is 12.8 Å². The van der Waals surface area contributed by atoms with E-state index in [0.717, 1.165) is 38.5 Å². The normalized spacial score (nSPS) is 21.9. The first kappa shape index (κ1) is 20.0. The van der Waals surface area contributed by atoms with Gasteiger partial charge in [0, 0.05) is 69.6 Å². The lowest BCUT2D eigenvalue weighted by Crippen LogP contribution is -2.56. The Hall–Kier alpha value is -0.710. The summed E-state index contributed by atoms with van der Waals surface area (Å²) in [6, 6.07) is 6.80. The molecule has 2 heterocycles. The molecule has 0 amide bonds. The van der Waals surface area contributed by atoms with Crippen LogP contribution in [0.25, 0.3) is 0 Å². The summed E-state index contributed by atoms with van der Waals surface area (Å²) in [6.07, 6.45) is 0. The van der Waals surface area contributed by atoms with E-state index in [1.54, 1.807) is 20.7 Å². The topological polar surface area (TPSA) is 47.1 Å². The van der Waals surface area contributed by atoms with E-state index in [4.69, 9.17) is 0 Å². The zero-order chi connectivity index (χ0) is 18.6. The van der Waals surface area contributed by atoms with Gasteiger partial charge in [-0.05, 0) is 19.2 Å². The Labute approximate surface area is 160 Å². The largest absolute Gasteiger partial charge is 0.304 e. The quantitative estimate of drug-likeness (QED) is 0.665. The van der Waals surface area contributed by atoms with Gasteiger partial charge in [0.25, 0.3) is 10.2 Å². The van der Waals surface area contributed by atoms with Crippen molar-refractivity contribution in [2.75, 3.05) is 71.7 Å². The Morgan fingerprint density at radius 2 is 1.54 bits per heavy atom. The Morgan fingerprint density at radius 3 is 2.15 bits per heavy atom. The summed E-state index contributed by atoms with van der Waals surface area (Å²) < 4.78 is 42.4. The first-order valence-corrected chi connectivity index (χ1v) is 11.4. The highest BCUT2D eigenvalue weighted by Gasteiger charge is 2.33. The molecule has 9 heteroatoms. The average molecular weight is 403 g/mol. The van der Waals surface area contributed by atoms with Gasteiger partial charge < -0.3 is 4.90 Å². The van der Waals surface area contributed by atoms with E-state index in [1.165, 1.54) is 17.8 Å². The molecule has 0 unspecified atom stereocenters. The molecule has 26 heavy (non-hydrogen) atoms. The minimum atomic E-state index is -3.34. The number of piperazine rings is 2. The van der Waals surface area contributed by atoms with Gasteiger partial charge in [0.15, 0.2) is 0 Å². The minimum Gasteiger partial charge on any atom is -0.304 e. The maximum atomic E-state index is 13.6. The number of hydrogen-bond donors (Lipinski definition) is 0. The maximum absolute atomic E-state index is 13.6. The van der Waals surface area contributed by atoms with E-state index in [9.17, 15) is 12.8 Å². The summed E-state index contributed by atoms with van der Waals surface area (Å²) >= 11 is 1.51. The molecule has 0 radical (unpaired) electrons. The molecule has 2 saturated heterocycles. The van der Waals surface area contributed by atoms with Crippen LogP contribution in [0.4, 0.5) is 4.39 Å². The van der Waals surface area contributed by atoms with Gasteiger partial charge in [-0.3, -0.25) is 4.90 Å². The molecule has 0 bridgehead atoms. The van der Waals surface area contributed by atoms with Crippen molar-refractivity contribution in [3.05, 3.63) is 30.1 Å².